The van der Waals surface area contributed by atoms with Gasteiger partial charge in [-0.15, -0.1) is 0 Å². The molecule has 0 aromatic heterocycles. The Balaban J connectivity index is 2.16. The van der Waals surface area contributed by atoms with Gasteiger partial charge < -0.3 is 14.8 Å². The van der Waals surface area contributed by atoms with Crippen molar-refractivity contribution in [1.29, 1.82) is 0 Å². The van der Waals surface area contributed by atoms with Gasteiger partial charge in [-0.2, -0.15) is 0 Å². The molecular formula is C17H20N2O5S. The lowest BCUT2D eigenvalue weighted by molar-refractivity contribution is 0.102. The second-order valence-electron chi connectivity index (χ2n) is 5.10. The molecule has 2 aromatic carbocycles. The van der Waals surface area contributed by atoms with Crippen molar-refractivity contribution in [3.8, 4) is 11.5 Å². The minimum atomic E-state index is -3.35. The van der Waals surface area contributed by atoms with Crippen LogP contribution in [0.1, 0.15) is 17.3 Å². The number of carbonyl (C=O) groups excluding carboxylic acids is 1. The average molecular weight is 364 g/mol. The largest absolute Gasteiger partial charge is 0.497 e. The third-order valence-electron chi connectivity index (χ3n) is 3.46. The van der Waals surface area contributed by atoms with Gasteiger partial charge in [-0.25, -0.2) is 8.42 Å². The van der Waals surface area contributed by atoms with Crippen molar-refractivity contribution in [2.75, 3.05) is 30.0 Å². The number of methoxy groups -OCH3 is 2. The maximum absolute atomic E-state index is 12.4. The quantitative estimate of drug-likeness (QED) is 0.788. The van der Waals surface area contributed by atoms with Gasteiger partial charge in [-0.05, 0) is 43.3 Å². The number of nitrogens with one attached hydrogen (secondary N) is 2. The Hall–Kier alpha value is -2.74. The first-order valence-electron chi connectivity index (χ1n) is 7.52. The first-order valence-corrected chi connectivity index (χ1v) is 9.17. The van der Waals surface area contributed by atoms with Crippen LogP contribution in [0, 0.1) is 0 Å². The minimum Gasteiger partial charge on any atom is -0.497 e. The van der Waals surface area contributed by atoms with Gasteiger partial charge in [0.2, 0.25) is 10.0 Å². The standard InChI is InChI=1S/C17H20N2O5S/c1-4-25(21,22)19-13-7-5-12(6-8-13)17(20)18-15-11-14(23-2)9-10-16(15)24-3/h5-11,19H,4H2,1-3H3,(H,18,20). The van der Waals surface area contributed by atoms with Gasteiger partial charge in [0, 0.05) is 17.3 Å². The third-order valence-corrected chi connectivity index (χ3v) is 4.76. The number of amides is 1. The number of rotatable bonds is 7. The van der Waals surface area contributed by atoms with Crippen LogP contribution in [0.3, 0.4) is 0 Å². The molecule has 0 spiro atoms. The van der Waals surface area contributed by atoms with Crippen LogP contribution >= 0.6 is 0 Å². The highest BCUT2D eigenvalue weighted by Crippen LogP contribution is 2.29. The van der Waals surface area contributed by atoms with Crippen LogP contribution in [0.15, 0.2) is 42.5 Å². The summed E-state index contributed by atoms with van der Waals surface area (Å²) in [6.07, 6.45) is 0. The zero-order valence-corrected chi connectivity index (χ0v) is 15.0. The van der Waals surface area contributed by atoms with Gasteiger partial charge in [0.25, 0.3) is 5.91 Å². The highest BCUT2D eigenvalue weighted by Gasteiger charge is 2.12. The molecule has 2 N–H and O–H groups in total. The van der Waals surface area contributed by atoms with Crippen molar-refractivity contribution in [2.45, 2.75) is 6.92 Å². The monoisotopic (exact) mass is 364 g/mol. The summed E-state index contributed by atoms with van der Waals surface area (Å²) in [6.45, 7) is 1.55. The lowest BCUT2D eigenvalue weighted by Crippen LogP contribution is -2.15. The molecule has 0 bridgehead atoms. The summed E-state index contributed by atoms with van der Waals surface area (Å²) in [4.78, 5) is 12.4. The predicted octanol–water partition coefficient (Wildman–Crippen LogP) is 2.72. The van der Waals surface area contributed by atoms with E-state index in [2.05, 4.69) is 10.0 Å². The van der Waals surface area contributed by atoms with E-state index in [0.717, 1.165) is 0 Å². The summed E-state index contributed by atoms with van der Waals surface area (Å²) in [5.74, 6) is 0.712. The molecule has 0 radical (unpaired) electrons. The Morgan fingerprint density at radius 3 is 2.28 bits per heavy atom. The lowest BCUT2D eigenvalue weighted by Gasteiger charge is -2.12. The molecule has 0 aliphatic carbocycles. The van der Waals surface area contributed by atoms with Gasteiger partial charge >= 0.3 is 0 Å². The van der Waals surface area contributed by atoms with Crippen LogP contribution in [-0.2, 0) is 10.0 Å². The van der Waals surface area contributed by atoms with Crippen LogP contribution in [0.5, 0.6) is 11.5 Å². The smallest absolute Gasteiger partial charge is 0.255 e. The van der Waals surface area contributed by atoms with Gasteiger partial charge in [0.15, 0.2) is 0 Å². The Morgan fingerprint density at radius 1 is 1.04 bits per heavy atom. The molecule has 0 atom stereocenters. The molecule has 2 rings (SSSR count). The van der Waals surface area contributed by atoms with Crippen molar-refractivity contribution < 1.29 is 22.7 Å². The lowest BCUT2D eigenvalue weighted by atomic mass is 10.2. The van der Waals surface area contributed by atoms with Crippen molar-refractivity contribution >= 4 is 27.3 Å². The molecular weight excluding hydrogens is 344 g/mol. The molecule has 1 amide bonds. The molecule has 0 saturated heterocycles. The summed E-state index contributed by atoms with van der Waals surface area (Å²) in [7, 11) is -0.315. The fraction of sp³-hybridized carbons (Fsp3) is 0.235. The van der Waals surface area contributed by atoms with E-state index in [0.29, 0.717) is 28.4 Å². The van der Waals surface area contributed by atoms with Gasteiger partial charge in [0.05, 0.1) is 25.7 Å². The number of ether oxygens (including phenoxy) is 2. The maximum atomic E-state index is 12.4. The zero-order valence-electron chi connectivity index (χ0n) is 14.2. The second-order valence-corrected chi connectivity index (χ2v) is 7.11. The molecule has 0 unspecified atom stereocenters. The van der Waals surface area contributed by atoms with Crippen molar-refractivity contribution in [3.05, 3.63) is 48.0 Å². The van der Waals surface area contributed by atoms with Gasteiger partial charge in [-0.3, -0.25) is 9.52 Å². The van der Waals surface area contributed by atoms with Gasteiger partial charge in [-0.1, -0.05) is 0 Å². The number of anilines is 2. The minimum absolute atomic E-state index is 0.0229. The van der Waals surface area contributed by atoms with E-state index in [4.69, 9.17) is 9.47 Å². The number of benzene rings is 2. The first-order chi connectivity index (χ1) is 11.9. The molecule has 0 heterocycles. The summed E-state index contributed by atoms with van der Waals surface area (Å²) in [6, 6.07) is 11.2. The molecule has 0 saturated carbocycles. The first kappa shape index (κ1) is 18.6. The van der Waals surface area contributed by atoms with E-state index in [1.165, 1.54) is 38.5 Å². The molecule has 8 heteroatoms. The number of sulfonamides is 1. The Labute approximate surface area is 147 Å². The van der Waals surface area contributed by atoms with E-state index in [-0.39, 0.29) is 11.7 Å². The molecule has 7 nitrogen and oxygen atoms in total. The summed E-state index contributed by atoms with van der Waals surface area (Å²) >= 11 is 0. The second kappa shape index (κ2) is 7.89. The summed E-state index contributed by atoms with van der Waals surface area (Å²) in [5.41, 5.74) is 1.25. The molecule has 134 valence electrons. The van der Waals surface area contributed by atoms with E-state index in [1.807, 2.05) is 0 Å². The Bertz CT molecular complexity index is 848. The summed E-state index contributed by atoms with van der Waals surface area (Å²) in [5, 5.41) is 2.75. The molecule has 0 aliphatic rings. The highest BCUT2D eigenvalue weighted by atomic mass is 32.2. The maximum Gasteiger partial charge on any atom is 0.255 e. The molecule has 2 aromatic rings. The van der Waals surface area contributed by atoms with Gasteiger partial charge in [0.1, 0.15) is 11.5 Å². The fourth-order valence-corrected chi connectivity index (χ4v) is 2.69. The topological polar surface area (TPSA) is 93.7 Å². The van der Waals surface area contributed by atoms with Crippen molar-refractivity contribution in [1.82, 2.24) is 0 Å². The molecule has 0 aliphatic heterocycles. The SMILES string of the molecule is CCS(=O)(=O)Nc1ccc(C(=O)Nc2cc(OC)ccc2OC)cc1. The fourth-order valence-electron chi connectivity index (χ4n) is 2.05. The molecule has 0 fully saturated rings. The van der Waals surface area contributed by atoms with Crippen LogP contribution in [0.25, 0.3) is 0 Å². The van der Waals surface area contributed by atoms with Crippen LogP contribution in [0.2, 0.25) is 0 Å². The highest BCUT2D eigenvalue weighted by molar-refractivity contribution is 7.92. The number of hydrogen-bond acceptors (Lipinski definition) is 5. The third kappa shape index (κ3) is 4.87. The van der Waals surface area contributed by atoms with Crippen molar-refractivity contribution in [2.24, 2.45) is 0 Å². The molecule has 25 heavy (non-hydrogen) atoms. The number of hydrogen-bond donors (Lipinski definition) is 2. The van der Waals surface area contributed by atoms with E-state index in [9.17, 15) is 13.2 Å². The summed E-state index contributed by atoms with van der Waals surface area (Å²) < 4.78 is 35.9. The van der Waals surface area contributed by atoms with E-state index >= 15 is 0 Å². The zero-order chi connectivity index (χ0) is 18.4. The Kier molecular flexibility index (Phi) is 5.87. The number of carbonyl (C=O) groups is 1. The van der Waals surface area contributed by atoms with Crippen molar-refractivity contribution in [3.63, 3.8) is 0 Å². The van der Waals surface area contributed by atoms with Crippen LogP contribution in [-0.4, -0.2) is 34.3 Å². The van der Waals surface area contributed by atoms with Crippen LogP contribution in [0.4, 0.5) is 11.4 Å². The normalized spacial score (nSPS) is 10.8. The van der Waals surface area contributed by atoms with E-state index in [1.54, 1.807) is 25.1 Å². The van der Waals surface area contributed by atoms with Crippen LogP contribution < -0.4 is 19.5 Å². The predicted molar refractivity (Wildman–Crippen MR) is 97.0 cm³/mol. The Morgan fingerprint density at radius 2 is 1.72 bits per heavy atom. The average Bonchev–Trinajstić information content (AvgIpc) is 2.61. The van der Waals surface area contributed by atoms with E-state index < -0.39 is 10.0 Å².